The molecule has 34 heavy (non-hydrogen) atoms. The minimum absolute atomic E-state index is 0.154. The van der Waals surface area contributed by atoms with Crippen LogP contribution < -0.4 is 4.74 Å². The maximum Gasteiger partial charge on any atom is 0.258 e. The number of sulfone groups is 1. The lowest BCUT2D eigenvalue weighted by Gasteiger charge is -2.22. The Bertz CT molecular complexity index is 1490. The SMILES string of the molecule is COc1ccc([C@H]2CC(c3cccs3)=NN2C(=O)CS(=O)(=O)c2cn(C)c3ccccc23)cc1. The lowest BCUT2D eigenvalue weighted by atomic mass is 10.0. The molecule has 0 saturated heterocycles. The van der Waals surface area contributed by atoms with Gasteiger partial charge in [-0.25, -0.2) is 13.4 Å². The quantitative estimate of drug-likeness (QED) is 0.399. The smallest absolute Gasteiger partial charge is 0.258 e. The van der Waals surface area contributed by atoms with E-state index in [1.54, 1.807) is 48.4 Å². The molecule has 7 nitrogen and oxygen atoms in total. The third kappa shape index (κ3) is 4.01. The zero-order valence-electron chi connectivity index (χ0n) is 18.7. The minimum Gasteiger partial charge on any atom is -0.497 e. The number of aryl methyl sites for hydroxylation is 1. The van der Waals surface area contributed by atoms with Crippen molar-refractivity contribution >= 4 is 43.7 Å². The van der Waals surface area contributed by atoms with Gasteiger partial charge in [-0.3, -0.25) is 4.79 Å². The molecule has 0 aliphatic carbocycles. The van der Waals surface area contributed by atoms with Crippen LogP contribution in [-0.2, 0) is 21.7 Å². The van der Waals surface area contributed by atoms with Gasteiger partial charge in [0.25, 0.3) is 5.91 Å². The Morgan fingerprint density at radius 2 is 1.88 bits per heavy atom. The minimum atomic E-state index is -3.89. The Hall–Kier alpha value is -3.43. The van der Waals surface area contributed by atoms with Crippen molar-refractivity contribution in [1.82, 2.24) is 9.58 Å². The van der Waals surface area contributed by atoms with Gasteiger partial charge in [0.2, 0.25) is 0 Å². The Morgan fingerprint density at radius 1 is 1.12 bits per heavy atom. The lowest BCUT2D eigenvalue weighted by molar-refractivity contribution is -0.130. The van der Waals surface area contributed by atoms with Crippen LogP contribution in [0.5, 0.6) is 5.75 Å². The largest absolute Gasteiger partial charge is 0.497 e. The summed E-state index contributed by atoms with van der Waals surface area (Å²) in [5.41, 5.74) is 2.43. The summed E-state index contributed by atoms with van der Waals surface area (Å²) in [5.74, 6) is -0.507. The molecule has 0 saturated carbocycles. The van der Waals surface area contributed by atoms with Crippen molar-refractivity contribution in [1.29, 1.82) is 0 Å². The highest BCUT2D eigenvalue weighted by Crippen LogP contribution is 2.35. The standard InChI is InChI=1S/C25H23N3O4S2/c1-27-15-24(19-6-3-4-7-21(19)27)34(30,31)16-25(29)28-22(17-9-11-18(32-2)12-10-17)14-20(26-28)23-8-5-13-33-23/h3-13,15,22H,14,16H2,1-2H3/t22-/m1/s1. The second-order valence-electron chi connectivity index (χ2n) is 8.14. The van der Waals surface area contributed by atoms with Crippen LogP contribution >= 0.6 is 11.3 Å². The van der Waals surface area contributed by atoms with E-state index in [9.17, 15) is 13.2 Å². The first-order chi connectivity index (χ1) is 16.4. The van der Waals surface area contributed by atoms with Crippen LogP contribution in [0.25, 0.3) is 10.9 Å². The van der Waals surface area contributed by atoms with Gasteiger partial charge >= 0.3 is 0 Å². The molecule has 2 aromatic heterocycles. The average molecular weight is 494 g/mol. The number of hydrazone groups is 1. The normalized spacial score (nSPS) is 16.1. The molecule has 2 aromatic carbocycles. The predicted octanol–water partition coefficient (Wildman–Crippen LogP) is 4.40. The number of hydrogen-bond acceptors (Lipinski definition) is 6. The maximum atomic E-state index is 13.4. The zero-order chi connectivity index (χ0) is 23.9. The molecule has 1 atom stereocenters. The number of carbonyl (C=O) groups is 1. The van der Waals surface area contributed by atoms with E-state index >= 15 is 0 Å². The molecule has 5 rings (SSSR count). The van der Waals surface area contributed by atoms with Crippen LogP contribution in [0.3, 0.4) is 0 Å². The number of fused-ring (bicyclic) bond motifs is 1. The molecule has 0 N–H and O–H groups in total. The van der Waals surface area contributed by atoms with E-state index in [1.807, 2.05) is 53.9 Å². The van der Waals surface area contributed by atoms with Crippen molar-refractivity contribution in [2.75, 3.05) is 12.9 Å². The van der Waals surface area contributed by atoms with E-state index in [0.29, 0.717) is 17.6 Å². The number of amides is 1. The fourth-order valence-corrected chi connectivity index (χ4v) is 6.44. The van der Waals surface area contributed by atoms with E-state index < -0.39 is 27.5 Å². The molecule has 1 aliphatic rings. The lowest BCUT2D eigenvalue weighted by Crippen LogP contribution is -2.32. The van der Waals surface area contributed by atoms with Crippen LogP contribution in [0, 0.1) is 0 Å². The fourth-order valence-electron chi connectivity index (χ4n) is 4.28. The molecular formula is C25H23N3O4S2. The number of carbonyl (C=O) groups excluding carboxylic acids is 1. The van der Waals surface area contributed by atoms with Crippen molar-refractivity contribution < 1.29 is 17.9 Å². The number of aromatic nitrogens is 1. The predicted molar refractivity (Wildman–Crippen MR) is 133 cm³/mol. The molecule has 1 amide bonds. The van der Waals surface area contributed by atoms with E-state index in [0.717, 1.165) is 21.7 Å². The van der Waals surface area contributed by atoms with E-state index in [4.69, 9.17) is 4.74 Å². The summed E-state index contributed by atoms with van der Waals surface area (Å²) in [5, 5.41) is 8.48. The average Bonchev–Trinajstić information content (AvgIpc) is 3.58. The number of para-hydroxylation sites is 1. The number of ether oxygens (including phenoxy) is 1. The number of rotatable bonds is 6. The van der Waals surface area contributed by atoms with Gasteiger partial charge in [0.15, 0.2) is 9.84 Å². The van der Waals surface area contributed by atoms with Crippen LogP contribution in [0.4, 0.5) is 0 Å². The first-order valence-corrected chi connectivity index (χ1v) is 13.2. The number of hydrogen-bond donors (Lipinski definition) is 0. The van der Waals surface area contributed by atoms with Crippen LogP contribution in [0.15, 0.2) is 82.2 Å². The molecule has 0 unspecified atom stereocenters. The number of thiophene rings is 1. The highest BCUT2D eigenvalue weighted by Gasteiger charge is 2.36. The van der Waals surface area contributed by atoms with Crippen LogP contribution in [-0.4, -0.2) is 42.5 Å². The second-order valence-corrected chi connectivity index (χ2v) is 11.0. The van der Waals surface area contributed by atoms with Gasteiger partial charge in [-0.15, -0.1) is 11.3 Å². The van der Waals surface area contributed by atoms with Gasteiger partial charge in [-0.1, -0.05) is 36.4 Å². The summed E-state index contributed by atoms with van der Waals surface area (Å²) < 4.78 is 33.7. The second kappa shape index (κ2) is 8.73. The summed E-state index contributed by atoms with van der Waals surface area (Å²) in [6.45, 7) is 0. The number of methoxy groups -OCH3 is 1. The van der Waals surface area contributed by atoms with Gasteiger partial charge in [0, 0.05) is 30.6 Å². The molecule has 0 fully saturated rings. The summed E-state index contributed by atoms with van der Waals surface area (Å²) in [6, 6.07) is 18.2. The van der Waals surface area contributed by atoms with Crippen LogP contribution in [0.2, 0.25) is 0 Å². The summed E-state index contributed by atoms with van der Waals surface area (Å²) in [7, 11) is -0.503. The number of benzene rings is 2. The molecule has 0 spiro atoms. The van der Waals surface area contributed by atoms with Crippen LogP contribution in [0.1, 0.15) is 22.9 Å². The van der Waals surface area contributed by atoms with Gasteiger partial charge in [0.1, 0.15) is 11.5 Å². The molecule has 3 heterocycles. The molecular weight excluding hydrogens is 470 g/mol. The van der Waals surface area contributed by atoms with Gasteiger partial charge in [-0.05, 0) is 35.2 Å². The zero-order valence-corrected chi connectivity index (χ0v) is 20.3. The van der Waals surface area contributed by atoms with Gasteiger partial charge in [-0.2, -0.15) is 5.10 Å². The summed E-state index contributed by atoms with van der Waals surface area (Å²) in [4.78, 5) is 14.5. The molecule has 1 aliphatic heterocycles. The maximum absolute atomic E-state index is 13.4. The topological polar surface area (TPSA) is 81.0 Å². The van der Waals surface area contributed by atoms with Gasteiger partial charge in [0.05, 0.1) is 28.6 Å². The third-order valence-corrected chi connectivity index (χ3v) is 8.52. The monoisotopic (exact) mass is 493 g/mol. The summed E-state index contributed by atoms with van der Waals surface area (Å²) >= 11 is 1.54. The van der Waals surface area contributed by atoms with Crippen molar-refractivity contribution in [3.05, 3.63) is 82.7 Å². The van der Waals surface area contributed by atoms with Crippen molar-refractivity contribution in [2.45, 2.75) is 17.4 Å². The fraction of sp³-hybridized carbons (Fsp3) is 0.200. The highest BCUT2D eigenvalue weighted by molar-refractivity contribution is 7.92. The molecule has 4 aromatic rings. The molecule has 9 heteroatoms. The van der Waals surface area contributed by atoms with Crippen molar-refractivity contribution in [2.24, 2.45) is 12.1 Å². The molecule has 174 valence electrons. The molecule has 0 bridgehead atoms. The number of nitrogens with zero attached hydrogens (tertiary/aromatic N) is 3. The Balaban J connectivity index is 1.48. The van der Waals surface area contributed by atoms with Crippen molar-refractivity contribution in [3.8, 4) is 5.75 Å². The Morgan fingerprint density at radius 3 is 2.59 bits per heavy atom. The third-order valence-electron chi connectivity index (χ3n) is 5.98. The van der Waals surface area contributed by atoms with E-state index in [1.165, 1.54) is 5.01 Å². The van der Waals surface area contributed by atoms with E-state index in [-0.39, 0.29) is 4.90 Å². The van der Waals surface area contributed by atoms with Gasteiger partial charge < -0.3 is 9.30 Å². The summed E-state index contributed by atoms with van der Waals surface area (Å²) in [6.07, 6.45) is 2.07. The van der Waals surface area contributed by atoms with E-state index in [2.05, 4.69) is 5.10 Å². The first kappa shape index (κ1) is 22.4. The first-order valence-electron chi connectivity index (χ1n) is 10.7. The Labute approximate surface area is 201 Å². The highest BCUT2D eigenvalue weighted by atomic mass is 32.2. The Kier molecular flexibility index (Phi) is 5.75. The molecule has 0 radical (unpaired) electrons. The van der Waals surface area contributed by atoms with Crippen molar-refractivity contribution in [3.63, 3.8) is 0 Å².